The van der Waals surface area contributed by atoms with Crippen LogP contribution in [0.4, 0.5) is 0 Å². The van der Waals surface area contributed by atoms with Gasteiger partial charge in [-0.2, -0.15) is 5.10 Å². The minimum Gasteiger partial charge on any atom is -0.383 e. The number of aryl methyl sites for hydroxylation is 1. The number of hydrogen-bond donors (Lipinski definition) is 2. The SMILES string of the molecule is COCCN1CCC(CNC(=O)c2n[nH]c3ccc(-c4cncc(C)c4)cc23)CC1. The summed E-state index contributed by atoms with van der Waals surface area (Å²) < 4.78 is 5.16. The molecule has 1 aliphatic heterocycles. The molecule has 1 fully saturated rings. The van der Waals surface area contributed by atoms with Crippen molar-refractivity contribution in [2.75, 3.05) is 39.9 Å². The number of aromatic amines is 1. The lowest BCUT2D eigenvalue weighted by molar-refractivity contribution is 0.0922. The van der Waals surface area contributed by atoms with Gasteiger partial charge in [-0.05, 0) is 68.1 Å². The van der Waals surface area contributed by atoms with Gasteiger partial charge in [0.15, 0.2) is 5.69 Å². The molecule has 3 aromatic rings. The molecule has 7 nitrogen and oxygen atoms in total. The van der Waals surface area contributed by atoms with E-state index in [-0.39, 0.29) is 5.91 Å². The second-order valence-electron chi connectivity index (χ2n) is 8.07. The number of ether oxygens (including phenoxy) is 1. The van der Waals surface area contributed by atoms with Crippen LogP contribution in [0, 0.1) is 12.8 Å². The van der Waals surface area contributed by atoms with Crippen molar-refractivity contribution in [3.63, 3.8) is 0 Å². The average Bonchev–Trinajstić information content (AvgIpc) is 3.20. The number of nitrogens with one attached hydrogen (secondary N) is 2. The first kappa shape index (κ1) is 20.5. The molecular weight excluding hydrogens is 378 g/mol. The van der Waals surface area contributed by atoms with Crippen LogP contribution in [0.1, 0.15) is 28.9 Å². The highest BCUT2D eigenvalue weighted by Crippen LogP contribution is 2.25. The van der Waals surface area contributed by atoms with E-state index < -0.39 is 0 Å². The van der Waals surface area contributed by atoms with E-state index >= 15 is 0 Å². The molecule has 0 unspecified atom stereocenters. The molecule has 0 aliphatic carbocycles. The Morgan fingerprint density at radius 3 is 2.83 bits per heavy atom. The molecule has 4 rings (SSSR count). The number of methoxy groups -OCH3 is 1. The van der Waals surface area contributed by atoms with E-state index in [0.717, 1.165) is 66.7 Å². The Hall–Kier alpha value is -2.77. The number of hydrogen-bond acceptors (Lipinski definition) is 5. The topological polar surface area (TPSA) is 83.1 Å². The summed E-state index contributed by atoms with van der Waals surface area (Å²) in [6.45, 7) is 6.58. The van der Waals surface area contributed by atoms with Gasteiger partial charge < -0.3 is 15.0 Å². The molecule has 7 heteroatoms. The van der Waals surface area contributed by atoms with Crippen LogP contribution in [-0.4, -0.2) is 65.9 Å². The van der Waals surface area contributed by atoms with Crippen molar-refractivity contribution in [2.45, 2.75) is 19.8 Å². The van der Waals surface area contributed by atoms with Crippen LogP contribution >= 0.6 is 0 Å². The quantitative estimate of drug-likeness (QED) is 0.629. The lowest BCUT2D eigenvalue weighted by Gasteiger charge is -2.31. The Morgan fingerprint density at radius 2 is 2.07 bits per heavy atom. The first-order valence-electron chi connectivity index (χ1n) is 10.5. The summed E-state index contributed by atoms with van der Waals surface area (Å²) in [5.74, 6) is 0.384. The van der Waals surface area contributed by atoms with Crippen molar-refractivity contribution >= 4 is 16.8 Å². The summed E-state index contributed by atoms with van der Waals surface area (Å²) >= 11 is 0. The van der Waals surface area contributed by atoms with Crippen molar-refractivity contribution in [1.82, 2.24) is 25.4 Å². The third-order valence-corrected chi connectivity index (χ3v) is 5.86. The van der Waals surface area contributed by atoms with Crippen LogP contribution in [0.15, 0.2) is 36.7 Å². The fourth-order valence-electron chi connectivity index (χ4n) is 4.03. The van der Waals surface area contributed by atoms with E-state index in [2.05, 4.69) is 31.5 Å². The van der Waals surface area contributed by atoms with E-state index in [1.807, 2.05) is 37.5 Å². The number of pyridine rings is 1. The Labute approximate surface area is 176 Å². The maximum Gasteiger partial charge on any atom is 0.272 e. The van der Waals surface area contributed by atoms with Crippen molar-refractivity contribution in [1.29, 1.82) is 0 Å². The number of carbonyl (C=O) groups excluding carboxylic acids is 1. The second kappa shape index (κ2) is 9.36. The molecule has 30 heavy (non-hydrogen) atoms. The van der Waals surface area contributed by atoms with Gasteiger partial charge in [0.1, 0.15) is 0 Å². The van der Waals surface area contributed by atoms with Crippen LogP contribution in [0.3, 0.4) is 0 Å². The summed E-state index contributed by atoms with van der Waals surface area (Å²) in [6.07, 6.45) is 5.86. The summed E-state index contributed by atoms with van der Waals surface area (Å²) in [6, 6.07) is 8.09. The van der Waals surface area contributed by atoms with Crippen molar-refractivity contribution < 1.29 is 9.53 Å². The smallest absolute Gasteiger partial charge is 0.272 e. The molecule has 0 saturated carbocycles. The Kier molecular flexibility index (Phi) is 6.40. The van der Waals surface area contributed by atoms with Gasteiger partial charge in [0.05, 0.1) is 12.1 Å². The zero-order valence-corrected chi connectivity index (χ0v) is 17.6. The third-order valence-electron chi connectivity index (χ3n) is 5.86. The molecular formula is C23H29N5O2. The Bertz CT molecular complexity index is 1010. The van der Waals surface area contributed by atoms with Gasteiger partial charge in [0.2, 0.25) is 0 Å². The molecule has 1 amide bonds. The van der Waals surface area contributed by atoms with Crippen molar-refractivity contribution in [2.24, 2.45) is 5.92 Å². The maximum atomic E-state index is 12.8. The van der Waals surface area contributed by atoms with Gasteiger partial charge in [0.25, 0.3) is 5.91 Å². The summed E-state index contributed by atoms with van der Waals surface area (Å²) in [5.41, 5.74) is 4.47. The van der Waals surface area contributed by atoms with Gasteiger partial charge >= 0.3 is 0 Å². The number of carbonyl (C=O) groups is 1. The van der Waals surface area contributed by atoms with Gasteiger partial charge in [-0.15, -0.1) is 0 Å². The molecule has 0 atom stereocenters. The number of H-pyrrole nitrogens is 1. The zero-order valence-electron chi connectivity index (χ0n) is 17.6. The highest BCUT2D eigenvalue weighted by Gasteiger charge is 2.21. The predicted molar refractivity (Wildman–Crippen MR) is 117 cm³/mol. The molecule has 1 aliphatic rings. The molecule has 158 valence electrons. The van der Waals surface area contributed by atoms with E-state index in [0.29, 0.717) is 18.2 Å². The van der Waals surface area contributed by atoms with Crippen molar-refractivity contribution in [3.05, 3.63) is 47.9 Å². The fraction of sp³-hybridized carbons (Fsp3) is 0.435. The predicted octanol–water partition coefficient (Wildman–Crippen LogP) is 3.02. The highest BCUT2D eigenvalue weighted by atomic mass is 16.5. The highest BCUT2D eigenvalue weighted by molar-refractivity contribution is 6.05. The lowest BCUT2D eigenvalue weighted by atomic mass is 9.96. The third kappa shape index (κ3) is 4.68. The Balaban J connectivity index is 1.41. The average molecular weight is 408 g/mol. The number of amides is 1. The van der Waals surface area contributed by atoms with Crippen LogP contribution in [0.2, 0.25) is 0 Å². The summed E-state index contributed by atoms with van der Waals surface area (Å²) in [5, 5.41) is 11.2. The maximum absolute atomic E-state index is 12.8. The second-order valence-corrected chi connectivity index (χ2v) is 8.07. The normalized spacial score (nSPS) is 15.5. The van der Waals surface area contributed by atoms with Crippen LogP contribution in [0.25, 0.3) is 22.0 Å². The summed E-state index contributed by atoms with van der Waals surface area (Å²) in [4.78, 5) is 19.5. The summed E-state index contributed by atoms with van der Waals surface area (Å²) in [7, 11) is 1.74. The molecule has 3 heterocycles. The van der Waals surface area contributed by atoms with Gasteiger partial charge in [0, 0.05) is 43.5 Å². The number of benzene rings is 1. The van der Waals surface area contributed by atoms with Gasteiger partial charge in [-0.3, -0.25) is 14.9 Å². The molecule has 2 N–H and O–H groups in total. The van der Waals surface area contributed by atoms with E-state index in [4.69, 9.17) is 4.74 Å². The molecule has 1 aromatic carbocycles. The van der Waals surface area contributed by atoms with Crippen LogP contribution < -0.4 is 5.32 Å². The molecule has 0 spiro atoms. The molecule has 2 aromatic heterocycles. The number of likely N-dealkylation sites (tertiary alicyclic amines) is 1. The number of rotatable bonds is 7. The van der Waals surface area contributed by atoms with E-state index in [1.165, 1.54) is 0 Å². The standard InChI is InChI=1S/C23H29N5O2/c1-16-11-19(15-24-13-16)18-3-4-21-20(12-18)22(27-26-21)23(29)25-14-17-5-7-28(8-6-17)9-10-30-2/h3-4,11-13,15,17H,5-10,14H2,1-2H3,(H,25,29)(H,26,27). The van der Waals surface area contributed by atoms with Crippen LogP contribution in [0.5, 0.6) is 0 Å². The largest absolute Gasteiger partial charge is 0.383 e. The zero-order chi connectivity index (χ0) is 20.9. The van der Waals surface area contributed by atoms with E-state index in [1.54, 1.807) is 7.11 Å². The minimum atomic E-state index is -0.123. The fourth-order valence-corrected chi connectivity index (χ4v) is 4.03. The van der Waals surface area contributed by atoms with E-state index in [9.17, 15) is 4.79 Å². The molecule has 0 bridgehead atoms. The lowest BCUT2D eigenvalue weighted by Crippen LogP contribution is -2.39. The number of aromatic nitrogens is 3. The first-order chi connectivity index (χ1) is 14.6. The number of piperidine rings is 1. The molecule has 1 saturated heterocycles. The van der Waals surface area contributed by atoms with Gasteiger partial charge in [-0.1, -0.05) is 6.07 Å². The number of fused-ring (bicyclic) bond motifs is 1. The number of nitrogens with zero attached hydrogens (tertiary/aromatic N) is 3. The van der Waals surface area contributed by atoms with Crippen molar-refractivity contribution in [3.8, 4) is 11.1 Å². The van der Waals surface area contributed by atoms with Crippen LogP contribution in [-0.2, 0) is 4.74 Å². The van der Waals surface area contributed by atoms with Gasteiger partial charge in [-0.25, -0.2) is 0 Å². The molecule has 0 radical (unpaired) electrons. The first-order valence-corrected chi connectivity index (χ1v) is 10.5. The Morgan fingerprint density at radius 1 is 1.23 bits per heavy atom. The minimum absolute atomic E-state index is 0.123. The monoisotopic (exact) mass is 407 g/mol.